The Bertz CT molecular complexity index is 1730. The Kier molecular flexibility index (Phi) is 6.79. The van der Waals surface area contributed by atoms with Crippen LogP contribution >= 0.6 is 11.3 Å². The molecule has 0 saturated heterocycles. The van der Waals surface area contributed by atoms with Crippen LogP contribution in [-0.4, -0.2) is 39.5 Å². The molecule has 6 rings (SSSR count). The fourth-order valence-electron chi connectivity index (χ4n) is 4.71. The van der Waals surface area contributed by atoms with Gasteiger partial charge in [-0.3, -0.25) is 4.79 Å². The number of aromatic nitrogens is 3. The molecule has 200 valence electrons. The molecule has 0 unspecified atom stereocenters. The van der Waals surface area contributed by atoms with E-state index < -0.39 is 5.97 Å². The molecule has 40 heavy (non-hydrogen) atoms. The van der Waals surface area contributed by atoms with Gasteiger partial charge in [0.1, 0.15) is 5.69 Å². The van der Waals surface area contributed by atoms with Crippen molar-refractivity contribution in [3.8, 4) is 33.4 Å². The van der Waals surface area contributed by atoms with Gasteiger partial charge < -0.3 is 18.8 Å². The number of rotatable bonds is 8. The monoisotopic (exact) mass is 551 g/mol. The molecule has 0 fully saturated rings. The van der Waals surface area contributed by atoms with Crippen molar-refractivity contribution in [2.75, 3.05) is 13.4 Å². The molecule has 5 aromatic rings. The number of aryl methyl sites for hydroxylation is 1. The van der Waals surface area contributed by atoms with Crippen molar-refractivity contribution >= 4 is 29.2 Å². The highest BCUT2D eigenvalue weighted by Gasteiger charge is 2.20. The second kappa shape index (κ2) is 10.7. The molecule has 1 aliphatic heterocycles. The average Bonchev–Trinajstić information content (AvgIpc) is 3.77. The van der Waals surface area contributed by atoms with Gasteiger partial charge in [-0.2, -0.15) is 5.10 Å². The van der Waals surface area contributed by atoms with Crippen LogP contribution in [0.15, 0.2) is 84.4 Å². The predicted molar refractivity (Wildman–Crippen MR) is 153 cm³/mol. The molecule has 0 N–H and O–H groups in total. The molecule has 9 heteroatoms. The number of ether oxygens (including phenoxy) is 3. The third-order valence-electron chi connectivity index (χ3n) is 6.61. The number of fused-ring (bicyclic) bond motifs is 1. The highest BCUT2D eigenvalue weighted by Crippen LogP contribution is 2.35. The zero-order valence-corrected chi connectivity index (χ0v) is 22.7. The SMILES string of the molecule is Cc1cc(C(=O)COC(=O)/C=C/c2cn(-c3ccccc3)nc2-c2cccs2)c(C)n1-c1ccc2c(c1)OCO2. The molecule has 0 atom stereocenters. The van der Waals surface area contributed by atoms with Gasteiger partial charge in [0.05, 0.1) is 10.6 Å². The summed E-state index contributed by atoms with van der Waals surface area (Å²) in [6.07, 6.45) is 4.86. The Morgan fingerprint density at radius 2 is 1.82 bits per heavy atom. The number of thiophene rings is 1. The van der Waals surface area contributed by atoms with Crippen molar-refractivity contribution in [2.24, 2.45) is 0 Å². The molecule has 2 aromatic carbocycles. The second-order valence-electron chi connectivity index (χ2n) is 9.21. The van der Waals surface area contributed by atoms with E-state index in [0.29, 0.717) is 17.1 Å². The Labute approximate surface area is 234 Å². The lowest BCUT2D eigenvalue weighted by Crippen LogP contribution is -2.13. The minimum Gasteiger partial charge on any atom is -0.454 e. The summed E-state index contributed by atoms with van der Waals surface area (Å²) in [5.41, 5.74) is 5.42. The molecule has 1 aliphatic rings. The maximum atomic E-state index is 13.0. The molecule has 3 aromatic heterocycles. The first-order chi connectivity index (χ1) is 19.5. The van der Waals surface area contributed by atoms with E-state index in [9.17, 15) is 9.59 Å². The van der Waals surface area contributed by atoms with Gasteiger partial charge in [0, 0.05) is 46.5 Å². The van der Waals surface area contributed by atoms with Crippen molar-refractivity contribution in [3.63, 3.8) is 0 Å². The smallest absolute Gasteiger partial charge is 0.331 e. The van der Waals surface area contributed by atoms with Crippen LogP contribution in [-0.2, 0) is 9.53 Å². The van der Waals surface area contributed by atoms with Crippen molar-refractivity contribution in [2.45, 2.75) is 13.8 Å². The van der Waals surface area contributed by atoms with E-state index in [2.05, 4.69) is 0 Å². The normalized spacial score (nSPS) is 12.2. The Morgan fingerprint density at radius 3 is 2.62 bits per heavy atom. The lowest BCUT2D eigenvalue weighted by atomic mass is 10.1. The molecule has 0 radical (unpaired) electrons. The minimum absolute atomic E-state index is 0.191. The van der Waals surface area contributed by atoms with E-state index in [4.69, 9.17) is 19.3 Å². The highest BCUT2D eigenvalue weighted by molar-refractivity contribution is 7.13. The van der Waals surface area contributed by atoms with E-state index in [1.54, 1.807) is 28.2 Å². The van der Waals surface area contributed by atoms with Crippen LogP contribution in [0.25, 0.3) is 28.0 Å². The van der Waals surface area contributed by atoms with Gasteiger partial charge in [-0.1, -0.05) is 24.3 Å². The van der Waals surface area contributed by atoms with Gasteiger partial charge in [0.15, 0.2) is 18.1 Å². The Morgan fingerprint density at radius 1 is 1.00 bits per heavy atom. The number of hydrogen-bond donors (Lipinski definition) is 0. The molecule has 0 aliphatic carbocycles. The summed E-state index contributed by atoms with van der Waals surface area (Å²) in [5.74, 6) is 0.466. The quantitative estimate of drug-likeness (QED) is 0.130. The van der Waals surface area contributed by atoms with Crippen molar-refractivity contribution in [1.82, 2.24) is 14.3 Å². The van der Waals surface area contributed by atoms with Crippen molar-refractivity contribution in [1.29, 1.82) is 0 Å². The number of benzene rings is 2. The highest BCUT2D eigenvalue weighted by atomic mass is 32.1. The van der Waals surface area contributed by atoms with E-state index in [1.807, 2.05) is 90.7 Å². The molecular formula is C31H25N3O5S. The van der Waals surface area contributed by atoms with Crippen LogP contribution in [0.1, 0.15) is 27.3 Å². The van der Waals surface area contributed by atoms with Crippen LogP contribution < -0.4 is 9.47 Å². The molecule has 0 amide bonds. The fourth-order valence-corrected chi connectivity index (χ4v) is 5.45. The summed E-state index contributed by atoms with van der Waals surface area (Å²) < 4.78 is 20.0. The second-order valence-corrected chi connectivity index (χ2v) is 10.2. The third-order valence-corrected chi connectivity index (χ3v) is 7.48. The maximum Gasteiger partial charge on any atom is 0.331 e. The summed E-state index contributed by atoms with van der Waals surface area (Å²) in [5, 5.41) is 6.71. The predicted octanol–water partition coefficient (Wildman–Crippen LogP) is 6.18. The molecule has 8 nitrogen and oxygen atoms in total. The average molecular weight is 552 g/mol. The van der Waals surface area contributed by atoms with Gasteiger partial charge in [-0.15, -0.1) is 11.3 Å². The minimum atomic E-state index is -0.609. The molecule has 0 bridgehead atoms. The fraction of sp³-hybridized carbons (Fsp3) is 0.129. The van der Waals surface area contributed by atoms with E-state index >= 15 is 0 Å². The van der Waals surface area contributed by atoms with E-state index in [-0.39, 0.29) is 19.2 Å². The largest absolute Gasteiger partial charge is 0.454 e. The molecule has 0 saturated carbocycles. The van der Waals surface area contributed by atoms with Crippen LogP contribution in [0.5, 0.6) is 11.5 Å². The van der Waals surface area contributed by atoms with Crippen molar-refractivity contribution < 1.29 is 23.8 Å². The van der Waals surface area contributed by atoms with E-state index in [1.165, 1.54) is 6.08 Å². The molecule has 0 spiro atoms. The summed E-state index contributed by atoms with van der Waals surface area (Å²) >= 11 is 1.57. The number of carbonyl (C=O) groups is 2. The number of para-hydroxylation sites is 1. The number of Topliss-reactive ketones (excluding diaryl/α,β-unsaturated/α-hetero) is 1. The zero-order valence-electron chi connectivity index (χ0n) is 21.9. The van der Waals surface area contributed by atoms with Gasteiger partial charge >= 0.3 is 5.97 Å². The summed E-state index contributed by atoms with van der Waals surface area (Å²) in [6.45, 7) is 3.61. The zero-order chi connectivity index (χ0) is 27.6. The summed E-state index contributed by atoms with van der Waals surface area (Å²) in [7, 11) is 0. The van der Waals surface area contributed by atoms with Crippen LogP contribution in [0.2, 0.25) is 0 Å². The first-order valence-corrected chi connectivity index (χ1v) is 13.5. The summed E-state index contributed by atoms with van der Waals surface area (Å²) in [6, 6.07) is 21.1. The van der Waals surface area contributed by atoms with Crippen LogP contribution in [0, 0.1) is 13.8 Å². The standard InChI is InChI=1S/C31H25N3O5S/c1-20-15-25(21(2)34(20)24-11-12-27-28(16-24)39-19-38-27)26(35)18-37-30(36)13-10-22-17-33(23-7-4-3-5-8-23)32-31(22)29-9-6-14-40-29/h3-17H,18-19H2,1-2H3/b13-10+. The molecule has 4 heterocycles. The number of carbonyl (C=O) groups excluding carboxylic acids is 2. The van der Waals surface area contributed by atoms with Crippen LogP contribution in [0.3, 0.4) is 0 Å². The Hall–Kier alpha value is -4.89. The number of esters is 1. The van der Waals surface area contributed by atoms with E-state index in [0.717, 1.165) is 38.9 Å². The summed E-state index contributed by atoms with van der Waals surface area (Å²) in [4.78, 5) is 26.6. The molecular weight excluding hydrogens is 526 g/mol. The van der Waals surface area contributed by atoms with Crippen molar-refractivity contribution in [3.05, 3.63) is 107 Å². The number of ketones is 1. The maximum absolute atomic E-state index is 13.0. The topological polar surface area (TPSA) is 84.6 Å². The van der Waals surface area contributed by atoms with Gasteiger partial charge in [-0.25, -0.2) is 9.48 Å². The van der Waals surface area contributed by atoms with Gasteiger partial charge in [0.25, 0.3) is 0 Å². The third kappa shape index (κ3) is 4.94. The van der Waals surface area contributed by atoms with Gasteiger partial charge in [0.2, 0.25) is 12.6 Å². The lowest BCUT2D eigenvalue weighted by molar-refractivity contribution is -0.136. The number of hydrogen-bond acceptors (Lipinski definition) is 7. The first-order valence-electron chi connectivity index (χ1n) is 12.6. The van der Waals surface area contributed by atoms with Crippen LogP contribution in [0.4, 0.5) is 0 Å². The first kappa shape index (κ1) is 25.4. The Balaban J connectivity index is 1.16. The lowest BCUT2D eigenvalue weighted by Gasteiger charge is -2.10. The van der Waals surface area contributed by atoms with Gasteiger partial charge in [-0.05, 0) is 61.7 Å². The number of nitrogens with zero attached hydrogens (tertiary/aromatic N) is 3.